The molecule has 0 saturated heterocycles. The Morgan fingerprint density at radius 1 is 1.32 bits per heavy atom. The number of carbonyl (C=O) groups excluding carboxylic acids is 1. The quantitative estimate of drug-likeness (QED) is 0.753. The molecule has 2 N–H and O–H groups in total. The van der Waals surface area contributed by atoms with Crippen molar-refractivity contribution in [2.45, 2.75) is 26.8 Å². The number of halogens is 1. The second kappa shape index (κ2) is 8.44. The van der Waals surface area contributed by atoms with Crippen molar-refractivity contribution >= 4 is 28.4 Å². The average molecular weight is 357 g/mol. The van der Waals surface area contributed by atoms with Crippen LogP contribution < -0.4 is 10.6 Å². The first kappa shape index (κ1) is 18.7. The number of aromatic nitrogens is 1. The average Bonchev–Trinajstić information content (AvgIpc) is 2.54. The summed E-state index contributed by atoms with van der Waals surface area (Å²) in [6.45, 7) is 9.39. The zero-order chi connectivity index (χ0) is 18.4. The third kappa shape index (κ3) is 5.72. The molecule has 0 bridgehead atoms. The number of aryl methyl sites for hydroxylation is 1. The lowest BCUT2D eigenvalue weighted by Crippen LogP contribution is -2.17. The zero-order valence-electron chi connectivity index (χ0n) is 14.5. The Kier molecular flexibility index (Phi) is 6.31. The van der Waals surface area contributed by atoms with Crippen LogP contribution in [0.5, 0.6) is 0 Å². The minimum Gasteiger partial charge on any atom is -0.364 e. The summed E-state index contributed by atoms with van der Waals surface area (Å²) in [6, 6.07) is 9.36. The second-order valence-corrected chi connectivity index (χ2v) is 6.30. The summed E-state index contributed by atoms with van der Waals surface area (Å²) in [5.41, 5.74) is 3.16. The van der Waals surface area contributed by atoms with E-state index in [1.54, 1.807) is 25.4 Å². The molecule has 0 fully saturated rings. The van der Waals surface area contributed by atoms with E-state index in [1.165, 1.54) is 0 Å². The summed E-state index contributed by atoms with van der Waals surface area (Å²) in [7, 11) is 0. The van der Waals surface area contributed by atoms with Crippen molar-refractivity contribution in [2.24, 2.45) is 4.99 Å². The van der Waals surface area contributed by atoms with E-state index in [4.69, 9.17) is 11.6 Å². The summed E-state index contributed by atoms with van der Waals surface area (Å²) in [6.07, 6.45) is 3.26. The third-order valence-corrected chi connectivity index (χ3v) is 3.54. The van der Waals surface area contributed by atoms with Gasteiger partial charge in [0.2, 0.25) is 0 Å². The number of amides is 1. The van der Waals surface area contributed by atoms with Crippen LogP contribution in [0.15, 0.2) is 60.1 Å². The molecule has 5 nitrogen and oxygen atoms in total. The van der Waals surface area contributed by atoms with Crippen molar-refractivity contribution in [2.75, 3.05) is 5.32 Å². The molecule has 1 atom stereocenters. The standard InChI is InChI=1S/C19H21ClN4O/c1-12-8-17(11-21-10-12)19(25)24-18-7-5-6-16(9-18)13(2)22-15(4)23-14(3)20/h5-11,13,22H,4H2,1-3H3,(H,24,25)/b23-14+. The molecule has 1 aromatic carbocycles. The van der Waals surface area contributed by atoms with Gasteiger partial charge in [-0.05, 0) is 50.1 Å². The number of anilines is 1. The molecule has 0 aliphatic carbocycles. The number of pyridine rings is 1. The monoisotopic (exact) mass is 356 g/mol. The maximum atomic E-state index is 12.3. The van der Waals surface area contributed by atoms with E-state index in [9.17, 15) is 4.79 Å². The molecular formula is C19H21ClN4O. The van der Waals surface area contributed by atoms with Crippen LogP contribution in [0.2, 0.25) is 0 Å². The van der Waals surface area contributed by atoms with Crippen LogP contribution in [-0.2, 0) is 0 Å². The number of nitrogens with one attached hydrogen (secondary N) is 2. The fourth-order valence-corrected chi connectivity index (χ4v) is 2.42. The molecule has 0 aliphatic rings. The van der Waals surface area contributed by atoms with E-state index < -0.39 is 0 Å². The van der Waals surface area contributed by atoms with Crippen molar-refractivity contribution in [1.29, 1.82) is 0 Å². The van der Waals surface area contributed by atoms with Gasteiger partial charge in [0.25, 0.3) is 5.91 Å². The summed E-state index contributed by atoms with van der Waals surface area (Å²) in [4.78, 5) is 20.4. The maximum absolute atomic E-state index is 12.3. The Labute approximate surface area is 152 Å². The van der Waals surface area contributed by atoms with E-state index in [1.807, 2.05) is 38.1 Å². The first-order valence-electron chi connectivity index (χ1n) is 7.84. The molecule has 1 amide bonds. The number of rotatable bonds is 6. The van der Waals surface area contributed by atoms with E-state index >= 15 is 0 Å². The van der Waals surface area contributed by atoms with Crippen molar-refractivity contribution in [1.82, 2.24) is 10.3 Å². The van der Waals surface area contributed by atoms with Crippen LogP contribution in [0.1, 0.15) is 41.4 Å². The van der Waals surface area contributed by atoms with Gasteiger partial charge in [-0.2, -0.15) is 0 Å². The minimum atomic E-state index is -0.194. The highest BCUT2D eigenvalue weighted by molar-refractivity contribution is 6.64. The van der Waals surface area contributed by atoms with Crippen LogP contribution >= 0.6 is 11.6 Å². The SMILES string of the molecule is C=C(/N=C(\C)Cl)NC(C)c1cccc(NC(=O)c2cncc(C)c2)c1. The van der Waals surface area contributed by atoms with Crippen molar-refractivity contribution in [3.8, 4) is 0 Å². The highest BCUT2D eigenvalue weighted by Crippen LogP contribution is 2.19. The molecule has 1 unspecified atom stereocenters. The van der Waals surface area contributed by atoms with Crippen LogP contribution in [0.3, 0.4) is 0 Å². The molecule has 0 saturated carbocycles. The molecule has 0 aliphatic heterocycles. The van der Waals surface area contributed by atoms with Gasteiger partial charge in [0.1, 0.15) is 11.0 Å². The Bertz CT molecular complexity index is 813. The predicted octanol–water partition coefficient (Wildman–Crippen LogP) is 4.42. The molecule has 130 valence electrons. The Hall–Kier alpha value is -2.66. The lowest BCUT2D eigenvalue weighted by Gasteiger charge is -2.16. The molecule has 0 spiro atoms. The molecule has 2 aromatic rings. The van der Waals surface area contributed by atoms with Gasteiger partial charge in [-0.1, -0.05) is 30.3 Å². The van der Waals surface area contributed by atoms with Gasteiger partial charge in [-0.25, -0.2) is 4.99 Å². The molecular weight excluding hydrogens is 336 g/mol. The Morgan fingerprint density at radius 2 is 2.08 bits per heavy atom. The Balaban J connectivity index is 2.09. The smallest absolute Gasteiger partial charge is 0.257 e. The van der Waals surface area contributed by atoms with Crippen LogP contribution in [0.4, 0.5) is 5.69 Å². The topological polar surface area (TPSA) is 66.4 Å². The minimum absolute atomic E-state index is 0.0373. The summed E-state index contributed by atoms with van der Waals surface area (Å²) in [5, 5.41) is 6.46. The fraction of sp³-hybridized carbons (Fsp3) is 0.211. The third-order valence-electron chi connectivity index (χ3n) is 3.45. The number of aliphatic imine (C=N–C) groups is 1. The van der Waals surface area contributed by atoms with Gasteiger partial charge in [0, 0.05) is 24.1 Å². The number of benzene rings is 1. The van der Waals surface area contributed by atoms with E-state index in [0.29, 0.717) is 22.2 Å². The first-order valence-corrected chi connectivity index (χ1v) is 8.22. The fourth-order valence-electron chi connectivity index (χ4n) is 2.32. The lowest BCUT2D eigenvalue weighted by atomic mass is 10.1. The first-order chi connectivity index (χ1) is 11.8. The zero-order valence-corrected chi connectivity index (χ0v) is 15.3. The van der Waals surface area contributed by atoms with Gasteiger partial charge in [-0.3, -0.25) is 9.78 Å². The Morgan fingerprint density at radius 3 is 2.76 bits per heavy atom. The van der Waals surface area contributed by atoms with Gasteiger partial charge >= 0.3 is 0 Å². The normalized spacial score (nSPS) is 12.4. The molecule has 25 heavy (non-hydrogen) atoms. The molecule has 0 radical (unpaired) electrons. The number of carbonyl (C=O) groups is 1. The summed E-state index contributed by atoms with van der Waals surface area (Å²) in [5.74, 6) is 0.293. The summed E-state index contributed by atoms with van der Waals surface area (Å²) >= 11 is 5.75. The van der Waals surface area contributed by atoms with Crippen molar-refractivity contribution in [3.05, 3.63) is 71.8 Å². The largest absolute Gasteiger partial charge is 0.364 e. The summed E-state index contributed by atoms with van der Waals surface area (Å²) < 4.78 is 0. The van der Waals surface area contributed by atoms with Gasteiger partial charge in [0.15, 0.2) is 0 Å². The van der Waals surface area contributed by atoms with Crippen LogP contribution in [-0.4, -0.2) is 16.1 Å². The molecule has 1 heterocycles. The van der Waals surface area contributed by atoms with Crippen LogP contribution in [0, 0.1) is 6.92 Å². The van der Waals surface area contributed by atoms with Gasteiger partial charge in [-0.15, -0.1) is 0 Å². The van der Waals surface area contributed by atoms with E-state index in [2.05, 4.69) is 27.2 Å². The molecule has 2 rings (SSSR count). The lowest BCUT2D eigenvalue weighted by molar-refractivity contribution is 0.102. The molecule has 1 aromatic heterocycles. The predicted molar refractivity (Wildman–Crippen MR) is 103 cm³/mol. The second-order valence-electron chi connectivity index (χ2n) is 5.75. The molecule has 6 heteroatoms. The highest BCUT2D eigenvalue weighted by atomic mass is 35.5. The maximum Gasteiger partial charge on any atom is 0.257 e. The number of hydrogen-bond donors (Lipinski definition) is 2. The number of nitrogens with zero attached hydrogens (tertiary/aromatic N) is 2. The van der Waals surface area contributed by atoms with E-state index in [0.717, 1.165) is 11.1 Å². The van der Waals surface area contributed by atoms with Crippen molar-refractivity contribution < 1.29 is 4.79 Å². The highest BCUT2D eigenvalue weighted by Gasteiger charge is 2.10. The van der Waals surface area contributed by atoms with Crippen molar-refractivity contribution in [3.63, 3.8) is 0 Å². The number of hydrogen-bond acceptors (Lipinski definition) is 4. The van der Waals surface area contributed by atoms with E-state index in [-0.39, 0.29) is 11.9 Å². The van der Waals surface area contributed by atoms with Gasteiger partial charge < -0.3 is 10.6 Å². The van der Waals surface area contributed by atoms with Gasteiger partial charge in [0.05, 0.1) is 5.56 Å². The van der Waals surface area contributed by atoms with Crippen LogP contribution in [0.25, 0.3) is 0 Å².